The Morgan fingerprint density at radius 2 is 1.97 bits per heavy atom. The van der Waals surface area contributed by atoms with Gasteiger partial charge in [-0.25, -0.2) is 13.4 Å². The zero-order valence-corrected chi connectivity index (χ0v) is 18.9. The number of rotatable bonds is 4. The van der Waals surface area contributed by atoms with Gasteiger partial charge in [0, 0.05) is 62.5 Å². The number of ether oxygens (including phenoxy) is 1. The van der Waals surface area contributed by atoms with E-state index in [0.717, 1.165) is 27.9 Å². The Morgan fingerprint density at radius 1 is 1.23 bits per heavy atom. The Hall–Kier alpha value is -2.40. The van der Waals surface area contributed by atoms with Gasteiger partial charge in [0.2, 0.25) is 0 Å². The lowest BCUT2D eigenvalue weighted by molar-refractivity contribution is 0.0450. The summed E-state index contributed by atoms with van der Waals surface area (Å²) >= 11 is 0. The van der Waals surface area contributed by atoms with Crippen molar-refractivity contribution in [2.24, 2.45) is 14.1 Å². The fraction of sp³-hybridized carbons (Fsp3) is 0.476. The fourth-order valence-corrected chi connectivity index (χ4v) is 6.90. The standard InChI is InChI=1S/C21H27N5O4S/c1-23-8-18(22-13-23)31(28,29)26-11-21(12-26)10-24(2)17(9-27)20-19(21)15-6-5-14(30-4)7-16(15)25(20)3/h5-8,13,17,27H,9-12H2,1-4H3/t17-/m0/s1. The summed E-state index contributed by atoms with van der Waals surface area (Å²) in [7, 11) is 3.73. The van der Waals surface area contributed by atoms with E-state index >= 15 is 0 Å². The number of fused-ring (bicyclic) bond motifs is 4. The van der Waals surface area contributed by atoms with E-state index in [1.54, 1.807) is 18.7 Å². The van der Waals surface area contributed by atoms with Crippen LogP contribution in [0.4, 0.5) is 0 Å². The zero-order chi connectivity index (χ0) is 22.1. The highest BCUT2D eigenvalue weighted by atomic mass is 32.2. The number of nitrogens with zero attached hydrogens (tertiary/aromatic N) is 5. The predicted octanol–water partition coefficient (Wildman–Crippen LogP) is 0.841. The molecule has 0 radical (unpaired) electrons. The molecule has 1 atom stereocenters. The van der Waals surface area contributed by atoms with Crippen LogP contribution in [0.1, 0.15) is 17.3 Å². The lowest BCUT2D eigenvalue weighted by Gasteiger charge is -2.54. The summed E-state index contributed by atoms with van der Waals surface area (Å²) in [4.78, 5) is 6.18. The van der Waals surface area contributed by atoms with Crippen molar-refractivity contribution >= 4 is 20.9 Å². The Labute approximate surface area is 181 Å². The molecule has 0 unspecified atom stereocenters. The van der Waals surface area contributed by atoms with Crippen molar-refractivity contribution in [3.63, 3.8) is 0 Å². The monoisotopic (exact) mass is 445 g/mol. The van der Waals surface area contributed by atoms with Gasteiger partial charge in [-0.2, -0.15) is 4.31 Å². The van der Waals surface area contributed by atoms with Gasteiger partial charge < -0.3 is 19.0 Å². The van der Waals surface area contributed by atoms with Gasteiger partial charge in [-0.3, -0.25) is 4.90 Å². The Balaban J connectivity index is 1.62. The molecule has 1 fully saturated rings. The van der Waals surface area contributed by atoms with E-state index in [-0.39, 0.29) is 23.1 Å². The maximum atomic E-state index is 13.1. The number of aliphatic hydroxyl groups is 1. The molecule has 9 nitrogen and oxygen atoms in total. The molecule has 0 amide bonds. The molecule has 5 rings (SSSR count). The number of benzene rings is 1. The molecule has 1 N–H and O–H groups in total. The van der Waals surface area contributed by atoms with Gasteiger partial charge >= 0.3 is 0 Å². The first-order valence-corrected chi connectivity index (χ1v) is 11.6. The first-order valence-electron chi connectivity index (χ1n) is 10.2. The van der Waals surface area contributed by atoms with E-state index in [0.29, 0.717) is 19.6 Å². The van der Waals surface area contributed by atoms with Crippen LogP contribution in [0.2, 0.25) is 0 Å². The second-order valence-electron chi connectivity index (χ2n) is 8.75. The number of aromatic nitrogens is 3. The van der Waals surface area contributed by atoms with Crippen LogP contribution in [0.3, 0.4) is 0 Å². The van der Waals surface area contributed by atoms with E-state index in [9.17, 15) is 13.5 Å². The van der Waals surface area contributed by atoms with Crippen molar-refractivity contribution in [3.8, 4) is 5.75 Å². The smallest absolute Gasteiger partial charge is 0.262 e. The number of hydrogen-bond acceptors (Lipinski definition) is 6. The summed E-state index contributed by atoms with van der Waals surface area (Å²) in [5.41, 5.74) is 2.85. The fourth-order valence-electron chi connectivity index (χ4n) is 5.32. The molecule has 2 aliphatic rings. The van der Waals surface area contributed by atoms with Gasteiger partial charge in [0.1, 0.15) is 5.75 Å². The van der Waals surface area contributed by atoms with Gasteiger partial charge in [-0.15, -0.1) is 0 Å². The van der Waals surface area contributed by atoms with Gasteiger partial charge in [0.05, 0.1) is 31.6 Å². The number of imidazole rings is 1. The van der Waals surface area contributed by atoms with Crippen LogP contribution in [0.15, 0.2) is 35.7 Å². The van der Waals surface area contributed by atoms with Crippen molar-refractivity contribution in [2.45, 2.75) is 16.5 Å². The Bertz CT molecular complexity index is 1270. The lowest BCUT2D eigenvalue weighted by Crippen LogP contribution is -2.67. The Morgan fingerprint density at radius 3 is 2.58 bits per heavy atom. The summed E-state index contributed by atoms with van der Waals surface area (Å²) in [6, 6.07) is 5.83. The van der Waals surface area contributed by atoms with Crippen molar-refractivity contribution < 1.29 is 18.3 Å². The number of aryl methyl sites for hydroxylation is 2. The summed E-state index contributed by atoms with van der Waals surface area (Å²) in [6.07, 6.45) is 3.03. The van der Waals surface area contributed by atoms with Crippen LogP contribution in [-0.4, -0.2) is 77.2 Å². The molecule has 10 heteroatoms. The van der Waals surface area contributed by atoms with E-state index in [1.165, 1.54) is 16.8 Å². The molecule has 2 aliphatic heterocycles. The molecule has 166 valence electrons. The second-order valence-corrected chi connectivity index (χ2v) is 10.6. The maximum absolute atomic E-state index is 13.1. The molecule has 2 aromatic heterocycles. The molecule has 3 aromatic rings. The minimum Gasteiger partial charge on any atom is -0.497 e. The first-order chi connectivity index (χ1) is 14.7. The number of methoxy groups -OCH3 is 1. The van der Waals surface area contributed by atoms with Crippen LogP contribution >= 0.6 is 0 Å². The number of likely N-dealkylation sites (N-methyl/N-ethyl adjacent to an activating group) is 1. The van der Waals surface area contributed by atoms with Gasteiger partial charge in [-0.05, 0) is 24.7 Å². The molecule has 31 heavy (non-hydrogen) atoms. The number of hydrogen-bond donors (Lipinski definition) is 1. The van der Waals surface area contributed by atoms with E-state index in [1.807, 2.05) is 32.3 Å². The zero-order valence-electron chi connectivity index (χ0n) is 18.1. The summed E-state index contributed by atoms with van der Waals surface area (Å²) in [6.45, 7) is 1.43. The minimum atomic E-state index is -3.65. The van der Waals surface area contributed by atoms with Crippen LogP contribution in [0.25, 0.3) is 10.9 Å². The van der Waals surface area contributed by atoms with E-state index < -0.39 is 10.0 Å². The van der Waals surface area contributed by atoms with Crippen molar-refractivity contribution in [3.05, 3.63) is 42.0 Å². The van der Waals surface area contributed by atoms with Gasteiger partial charge in [-0.1, -0.05) is 0 Å². The number of sulfonamides is 1. The largest absolute Gasteiger partial charge is 0.497 e. The van der Waals surface area contributed by atoms with Crippen LogP contribution < -0.4 is 4.74 Å². The molecule has 4 heterocycles. The van der Waals surface area contributed by atoms with Crippen LogP contribution in [0, 0.1) is 0 Å². The first kappa shape index (κ1) is 20.5. The SMILES string of the molecule is COc1ccc2c3c(n(C)c2c1)[C@H](CO)N(C)CC31CN(S(=O)(=O)c2cn(C)cn2)C1. The number of aliphatic hydroxyl groups excluding tert-OH is 1. The molecule has 1 saturated heterocycles. The van der Waals surface area contributed by atoms with Crippen LogP contribution in [-0.2, 0) is 29.5 Å². The molecule has 0 aliphatic carbocycles. The Kier molecular flexibility index (Phi) is 4.50. The molecular weight excluding hydrogens is 418 g/mol. The van der Waals surface area contributed by atoms with Crippen molar-refractivity contribution in [2.75, 3.05) is 40.4 Å². The highest BCUT2D eigenvalue weighted by Crippen LogP contribution is 2.50. The predicted molar refractivity (Wildman–Crippen MR) is 116 cm³/mol. The highest BCUT2D eigenvalue weighted by Gasteiger charge is 2.56. The maximum Gasteiger partial charge on any atom is 0.262 e. The second kappa shape index (κ2) is 6.80. The van der Waals surface area contributed by atoms with Crippen LogP contribution in [0.5, 0.6) is 5.75 Å². The average molecular weight is 446 g/mol. The third-order valence-corrected chi connectivity index (χ3v) is 8.48. The van der Waals surface area contributed by atoms with Crippen molar-refractivity contribution in [1.29, 1.82) is 0 Å². The molecule has 0 saturated carbocycles. The normalized spacial score (nSPS) is 21.4. The lowest BCUT2D eigenvalue weighted by atomic mass is 9.70. The molecule has 1 spiro atoms. The average Bonchev–Trinajstić information content (AvgIpc) is 3.28. The summed E-state index contributed by atoms with van der Waals surface area (Å²) in [5, 5.41) is 11.3. The summed E-state index contributed by atoms with van der Waals surface area (Å²) < 4.78 is 36.9. The highest BCUT2D eigenvalue weighted by molar-refractivity contribution is 7.89. The van der Waals surface area contributed by atoms with Gasteiger partial charge in [0.25, 0.3) is 10.0 Å². The quantitative estimate of drug-likeness (QED) is 0.640. The third-order valence-electron chi connectivity index (χ3n) is 6.80. The van der Waals surface area contributed by atoms with E-state index in [4.69, 9.17) is 4.74 Å². The molecule has 0 bridgehead atoms. The topological polar surface area (TPSA) is 92.8 Å². The molecule has 1 aromatic carbocycles. The van der Waals surface area contributed by atoms with E-state index in [2.05, 4.69) is 14.5 Å². The molecular formula is C21H27N5O4S. The third kappa shape index (κ3) is 2.78. The van der Waals surface area contributed by atoms with Gasteiger partial charge in [0.15, 0.2) is 5.03 Å². The minimum absolute atomic E-state index is 0.00315. The van der Waals surface area contributed by atoms with Crippen molar-refractivity contribution in [1.82, 2.24) is 23.3 Å². The summed E-state index contributed by atoms with van der Waals surface area (Å²) in [5.74, 6) is 0.765.